The van der Waals surface area contributed by atoms with Crippen LogP contribution in [-0.2, 0) is 20.9 Å². The second-order valence-corrected chi connectivity index (χ2v) is 6.88. The van der Waals surface area contributed by atoms with Crippen molar-refractivity contribution in [2.24, 2.45) is 5.92 Å². The molecule has 2 aromatic rings. The van der Waals surface area contributed by atoms with Gasteiger partial charge in [0.15, 0.2) is 0 Å². The number of carbonyl (C=O) groups excluding carboxylic acids is 2. The van der Waals surface area contributed by atoms with E-state index in [-0.39, 0.29) is 30.4 Å². The van der Waals surface area contributed by atoms with Crippen molar-refractivity contribution in [2.45, 2.75) is 25.4 Å². The number of nitrogens with one attached hydrogen (secondary N) is 1. The lowest BCUT2D eigenvalue weighted by Crippen LogP contribution is -2.47. The van der Waals surface area contributed by atoms with Crippen LogP contribution in [0.15, 0.2) is 60.7 Å². The molecule has 1 saturated heterocycles. The molecule has 0 radical (unpaired) electrons. The minimum atomic E-state index is -0.200. The van der Waals surface area contributed by atoms with E-state index in [1.807, 2.05) is 60.7 Å². The van der Waals surface area contributed by atoms with Crippen LogP contribution in [0.3, 0.4) is 0 Å². The Balaban J connectivity index is 1.67. The van der Waals surface area contributed by atoms with Crippen LogP contribution in [0.1, 0.15) is 30.0 Å². The molecular weight excluding hydrogens is 340 g/mol. The van der Waals surface area contributed by atoms with E-state index in [1.165, 1.54) is 7.11 Å². The molecule has 1 N–H and O–H groups in total. The van der Waals surface area contributed by atoms with Gasteiger partial charge in [-0.05, 0) is 24.0 Å². The van der Waals surface area contributed by atoms with Crippen LogP contribution in [-0.4, -0.2) is 37.0 Å². The number of amides is 2. The fraction of sp³-hybridized carbons (Fsp3) is 0.364. The molecule has 0 spiro atoms. The number of rotatable bonds is 6. The third-order valence-corrected chi connectivity index (χ3v) is 5.03. The van der Waals surface area contributed by atoms with Crippen molar-refractivity contribution in [3.05, 3.63) is 71.8 Å². The van der Waals surface area contributed by atoms with Gasteiger partial charge >= 0.3 is 0 Å². The molecule has 1 fully saturated rings. The SMILES string of the molecule is COCC(=O)N1CC(C(=O)NCc2ccccc2)CCC1c1ccccc1. The second-order valence-electron chi connectivity index (χ2n) is 6.88. The first-order valence-corrected chi connectivity index (χ1v) is 9.34. The largest absolute Gasteiger partial charge is 0.375 e. The van der Waals surface area contributed by atoms with Crippen LogP contribution in [0.5, 0.6) is 0 Å². The van der Waals surface area contributed by atoms with Crippen LogP contribution in [0, 0.1) is 5.92 Å². The first-order valence-electron chi connectivity index (χ1n) is 9.34. The molecule has 5 nitrogen and oxygen atoms in total. The fourth-order valence-corrected chi connectivity index (χ4v) is 3.62. The van der Waals surface area contributed by atoms with Crippen LogP contribution >= 0.6 is 0 Å². The Hall–Kier alpha value is -2.66. The van der Waals surface area contributed by atoms with Gasteiger partial charge in [0, 0.05) is 20.2 Å². The molecule has 2 aromatic carbocycles. The summed E-state index contributed by atoms with van der Waals surface area (Å²) < 4.78 is 5.05. The molecule has 2 amide bonds. The number of hydrogen-bond acceptors (Lipinski definition) is 3. The van der Waals surface area contributed by atoms with Gasteiger partial charge in [-0.3, -0.25) is 9.59 Å². The highest BCUT2D eigenvalue weighted by atomic mass is 16.5. The summed E-state index contributed by atoms with van der Waals surface area (Å²) in [5, 5.41) is 3.01. The number of nitrogens with zero attached hydrogens (tertiary/aromatic N) is 1. The van der Waals surface area contributed by atoms with Gasteiger partial charge in [0.1, 0.15) is 6.61 Å². The van der Waals surface area contributed by atoms with Crippen LogP contribution in [0.2, 0.25) is 0 Å². The monoisotopic (exact) mass is 366 g/mol. The molecule has 1 aliphatic heterocycles. The first-order chi connectivity index (χ1) is 13.2. The van der Waals surface area contributed by atoms with Crippen LogP contribution in [0.25, 0.3) is 0 Å². The van der Waals surface area contributed by atoms with E-state index in [0.717, 1.165) is 24.0 Å². The molecule has 0 bridgehead atoms. The van der Waals surface area contributed by atoms with Crippen molar-refractivity contribution in [2.75, 3.05) is 20.3 Å². The Morgan fingerprint density at radius 1 is 1.04 bits per heavy atom. The number of ether oxygens (including phenoxy) is 1. The lowest BCUT2D eigenvalue weighted by atomic mass is 9.88. The Morgan fingerprint density at radius 2 is 1.70 bits per heavy atom. The maximum absolute atomic E-state index is 12.7. The summed E-state index contributed by atoms with van der Waals surface area (Å²) in [6, 6.07) is 19.8. The minimum Gasteiger partial charge on any atom is -0.375 e. The Bertz CT molecular complexity index is 749. The molecule has 1 aliphatic rings. The highest BCUT2D eigenvalue weighted by Gasteiger charge is 2.35. The van der Waals surface area contributed by atoms with Crippen LogP contribution < -0.4 is 5.32 Å². The molecule has 142 valence electrons. The molecule has 3 rings (SSSR count). The predicted octanol–water partition coefficient (Wildman–Crippen LogP) is 2.93. The quantitative estimate of drug-likeness (QED) is 0.855. The van der Waals surface area contributed by atoms with Gasteiger partial charge in [-0.25, -0.2) is 0 Å². The molecule has 5 heteroatoms. The predicted molar refractivity (Wildman–Crippen MR) is 104 cm³/mol. The van der Waals surface area contributed by atoms with Crippen molar-refractivity contribution in [1.29, 1.82) is 0 Å². The number of likely N-dealkylation sites (tertiary alicyclic amines) is 1. The van der Waals surface area contributed by atoms with Crippen molar-refractivity contribution in [3.63, 3.8) is 0 Å². The minimum absolute atomic E-state index is 0.000538. The van der Waals surface area contributed by atoms with Gasteiger partial charge in [0.2, 0.25) is 11.8 Å². The summed E-state index contributed by atoms with van der Waals surface area (Å²) in [7, 11) is 1.52. The maximum Gasteiger partial charge on any atom is 0.249 e. The topological polar surface area (TPSA) is 58.6 Å². The summed E-state index contributed by atoms with van der Waals surface area (Å²) in [5.74, 6) is -0.276. The van der Waals surface area contributed by atoms with E-state index in [9.17, 15) is 9.59 Å². The molecule has 0 aromatic heterocycles. The summed E-state index contributed by atoms with van der Waals surface area (Å²) in [6.07, 6.45) is 1.53. The van der Waals surface area contributed by atoms with E-state index in [1.54, 1.807) is 4.90 Å². The molecule has 1 heterocycles. The fourth-order valence-electron chi connectivity index (χ4n) is 3.62. The highest BCUT2D eigenvalue weighted by molar-refractivity contribution is 5.82. The van der Waals surface area contributed by atoms with Crippen LogP contribution in [0.4, 0.5) is 0 Å². The summed E-state index contributed by atoms with van der Waals surface area (Å²) in [5.41, 5.74) is 2.17. The van der Waals surface area contributed by atoms with E-state index in [0.29, 0.717) is 13.1 Å². The molecule has 2 atom stereocenters. The standard InChI is InChI=1S/C22H26N2O3/c1-27-16-21(25)24-15-19(12-13-20(24)18-10-6-3-7-11-18)22(26)23-14-17-8-4-2-5-9-17/h2-11,19-20H,12-16H2,1H3,(H,23,26). The molecule has 27 heavy (non-hydrogen) atoms. The van der Waals surface area contributed by atoms with Crippen molar-refractivity contribution < 1.29 is 14.3 Å². The average molecular weight is 366 g/mol. The maximum atomic E-state index is 12.7. The van der Waals surface area contributed by atoms with Gasteiger partial charge in [-0.1, -0.05) is 60.7 Å². The summed E-state index contributed by atoms with van der Waals surface area (Å²) in [6.45, 7) is 0.953. The number of hydrogen-bond donors (Lipinski definition) is 1. The normalized spacial score (nSPS) is 19.5. The number of benzene rings is 2. The molecule has 2 unspecified atom stereocenters. The van der Waals surface area contributed by atoms with E-state index in [4.69, 9.17) is 4.74 Å². The second kappa shape index (κ2) is 9.33. The molecule has 0 aliphatic carbocycles. The van der Waals surface area contributed by atoms with Gasteiger partial charge < -0.3 is 15.0 Å². The molecule has 0 saturated carbocycles. The lowest BCUT2D eigenvalue weighted by Gasteiger charge is -2.39. The van der Waals surface area contributed by atoms with E-state index >= 15 is 0 Å². The smallest absolute Gasteiger partial charge is 0.249 e. The number of piperidine rings is 1. The zero-order valence-electron chi connectivity index (χ0n) is 15.6. The van der Waals surface area contributed by atoms with Crippen molar-refractivity contribution in [3.8, 4) is 0 Å². The molecular formula is C22H26N2O3. The van der Waals surface area contributed by atoms with Gasteiger partial charge in [0.05, 0.1) is 12.0 Å². The Labute approximate surface area is 160 Å². The van der Waals surface area contributed by atoms with Crippen molar-refractivity contribution >= 4 is 11.8 Å². The lowest BCUT2D eigenvalue weighted by molar-refractivity contribution is -0.142. The average Bonchev–Trinajstić information content (AvgIpc) is 2.73. The van der Waals surface area contributed by atoms with E-state index in [2.05, 4.69) is 5.32 Å². The van der Waals surface area contributed by atoms with Gasteiger partial charge in [-0.15, -0.1) is 0 Å². The highest BCUT2D eigenvalue weighted by Crippen LogP contribution is 2.33. The van der Waals surface area contributed by atoms with Gasteiger partial charge in [-0.2, -0.15) is 0 Å². The van der Waals surface area contributed by atoms with Gasteiger partial charge in [0.25, 0.3) is 0 Å². The summed E-state index contributed by atoms with van der Waals surface area (Å²) >= 11 is 0. The number of methoxy groups -OCH3 is 1. The third kappa shape index (κ3) is 4.95. The number of carbonyl (C=O) groups is 2. The third-order valence-electron chi connectivity index (χ3n) is 5.03. The first kappa shape index (κ1) is 19.1. The Kier molecular flexibility index (Phi) is 6.60. The van der Waals surface area contributed by atoms with E-state index < -0.39 is 0 Å². The van der Waals surface area contributed by atoms with Crippen molar-refractivity contribution in [1.82, 2.24) is 10.2 Å². The zero-order chi connectivity index (χ0) is 19.1. The Morgan fingerprint density at radius 3 is 2.37 bits per heavy atom. The zero-order valence-corrected chi connectivity index (χ0v) is 15.6. The summed E-state index contributed by atoms with van der Waals surface area (Å²) in [4.78, 5) is 27.1.